The highest BCUT2D eigenvalue weighted by molar-refractivity contribution is 7.88. The number of carbonyl (C=O) groups excluding carboxylic acids is 2. The lowest BCUT2D eigenvalue weighted by atomic mass is 10.1. The summed E-state index contributed by atoms with van der Waals surface area (Å²) in [6.45, 7) is 3.38. The maximum Gasteiger partial charge on any atom is 0.254 e. The van der Waals surface area contributed by atoms with E-state index in [2.05, 4.69) is 5.32 Å². The number of piperazine rings is 1. The van der Waals surface area contributed by atoms with Gasteiger partial charge in [-0.15, -0.1) is 0 Å². The Hall–Kier alpha value is -1.93. The highest BCUT2D eigenvalue weighted by atomic mass is 32.2. The van der Waals surface area contributed by atoms with Crippen LogP contribution in [0.1, 0.15) is 23.7 Å². The normalized spacial score (nSPS) is 24.0. The van der Waals surface area contributed by atoms with Gasteiger partial charge < -0.3 is 10.2 Å². The van der Waals surface area contributed by atoms with Gasteiger partial charge in [-0.25, -0.2) is 8.42 Å². The van der Waals surface area contributed by atoms with Crippen molar-refractivity contribution in [3.8, 4) is 0 Å². The molecule has 2 unspecified atom stereocenters. The molecule has 1 heterocycles. The van der Waals surface area contributed by atoms with Crippen LogP contribution in [0.15, 0.2) is 24.3 Å². The first kappa shape index (κ1) is 17.9. The molecule has 2 aliphatic rings. The minimum atomic E-state index is -3.22. The number of hydrogen-bond acceptors (Lipinski definition) is 4. The molecule has 1 aliphatic heterocycles. The second kappa shape index (κ2) is 6.76. The zero-order valence-corrected chi connectivity index (χ0v) is 15.3. The third-order valence-corrected chi connectivity index (χ3v) is 6.12. The van der Waals surface area contributed by atoms with Gasteiger partial charge in [0, 0.05) is 43.3 Å². The summed E-state index contributed by atoms with van der Waals surface area (Å²) in [7, 11) is -3.22. The van der Waals surface area contributed by atoms with Crippen LogP contribution < -0.4 is 5.32 Å². The van der Waals surface area contributed by atoms with E-state index in [0.717, 1.165) is 6.42 Å². The Bertz CT molecular complexity index is 785. The number of benzene rings is 1. The molecule has 2 amide bonds. The van der Waals surface area contributed by atoms with Gasteiger partial charge in [0.05, 0.1) is 6.26 Å². The van der Waals surface area contributed by atoms with Gasteiger partial charge in [-0.3, -0.25) is 9.59 Å². The van der Waals surface area contributed by atoms with Gasteiger partial charge in [0.15, 0.2) is 0 Å². The fourth-order valence-corrected chi connectivity index (χ4v) is 3.88. The molecule has 0 spiro atoms. The van der Waals surface area contributed by atoms with E-state index in [0.29, 0.717) is 43.3 Å². The lowest BCUT2D eigenvalue weighted by molar-refractivity contribution is -0.117. The predicted octanol–water partition coefficient (Wildman–Crippen LogP) is 0.999. The predicted molar refractivity (Wildman–Crippen MR) is 94.7 cm³/mol. The zero-order chi connectivity index (χ0) is 18.2. The molecule has 1 saturated heterocycles. The van der Waals surface area contributed by atoms with Crippen LogP contribution in [0.5, 0.6) is 0 Å². The number of sulfonamides is 1. The van der Waals surface area contributed by atoms with Crippen LogP contribution in [0.2, 0.25) is 0 Å². The Morgan fingerprint density at radius 3 is 2.36 bits per heavy atom. The van der Waals surface area contributed by atoms with Gasteiger partial charge in [-0.2, -0.15) is 4.31 Å². The van der Waals surface area contributed by atoms with Crippen molar-refractivity contribution in [3.63, 3.8) is 0 Å². The first-order valence-electron chi connectivity index (χ1n) is 8.41. The molecule has 1 aliphatic carbocycles. The number of rotatable bonds is 4. The molecule has 1 N–H and O–H groups in total. The van der Waals surface area contributed by atoms with Crippen molar-refractivity contribution in [2.75, 3.05) is 37.8 Å². The summed E-state index contributed by atoms with van der Waals surface area (Å²) in [5.41, 5.74) is 1.11. The van der Waals surface area contributed by atoms with Crippen molar-refractivity contribution in [3.05, 3.63) is 29.8 Å². The summed E-state index contributed by atoms with van der Waals surface area (Å²) in [6, 6.07) is 6.89. The van der Waals surface area contributed by atoms with E-state index in [1.807, 2.05) is 6.92 Å². The molecule has 2 atom stereocenters. The molecule has 0 aromatic heterocycles. The Balaban J connectivity index is 1.63. The SMILES string of the molecule is CC1CC1C(=O)Nc1cccc(C(=O)N2CCN(S(C)(=O)=O)CC2)c1. The van der Waals surface area contributed by atoms with Gasteiger partial charge in [0.1, 0.15) is 0 Å². The van der Waals surface area contributed by atoms with Gasteiger partial charge in [-0.05, 0) is 30.5 Å². The molecule has 0 bridgehead atoms. The van der Waals surface area contributed by atoms with Crippen molar-refractivity contribution in [2.24, 2.45) is 11.8 Å². The van der Waals surface area contributed by atoms with Gasteiger partial charge in [0.2, 0.25) is 15.9 Å². The zero-order valence-electron chi connectivity index (χ0n) is 14.4. The fraction of sp³-hybridized carbons (Fsp3) is 0.529. The Morgan fingerprint density at radius 1 is 1.16 bits per heavy atom. The molecule has 1 aromatic carbocycles. The van der Waals surface area contributed by atoms with Crippen molar-refractivity contribution in [1.82, 2.24) is 9.21 Å². The second-order valence-electron chi connectivity index (χ2n) is 6.84. The van der Waals surface area contributed by atoms with Gasteiger partial charge in [-0.1, -0.05) is 13.0 Å². The maximum atomic E-state index is 12.6. The van der Waals surface area contributed by atoms with Crippen LogP contribution in [-0.4, -0.2) is 61.9 Å². The van der Waals surface area contributed by atoms with E-state index >= 15 is 0 Å². The molecule has 3 rings (SSSR count). The topological polar surface area (TPSA) is 86.8 Å². The second-order valence-corrected chi connectivity index (χ2v) is 8.83. The number of carbonyl (C=O) groups is 2. The maximum absolute atomic E-state index is 12.6. The molecule has 1 saturated carbocycles. The molecule has 7 nitrogen and oxygen atoms in total. The number of amides is 2. The Morgan fingerprint density at radius 2 is 1.80 bits per heavy atom. The van der Waals surface area contributed by atoms with E-state index in [4.69, 9.17) is 0 Å². The van der Waals surface area contributed by atoms with E-state index in [1.54, 1.807) is 29.2 Å². The molecule has 136 valence electrons. The first-order chi connectivity index (χ1) is 11.8. The number of nitrogens with zero attached hydrogens (tertiary/aromatic N) is 2. The minimum absolute atomic E-state index is 0.00105. The highest BCUT2D eigenvalue weighted by Crippen LogP contribution is 2.38. The smallest absolute Gasteiger partial charge is 0.254 e. The monoisotopic (exact) mass is 365 g/mol. The standard InChI is InChI=1S/C17H23N3O4S/c1-12-10-15(12)16(21)18-14-5-3-4-13(11-14)17(22)19-6-8-20(9-7-19)25(2,23)24/h3-5,11-12,15H,6-10H2,1-2H3,(H,18,21). The quantitative estimate of drug-likeness (QED) is 0.862. The summed E-state index contributed by atoms with van der Waals surface area (Å²) in [5, 5.41) is 2.86. The van der Waals surface area contributed by atoms with E-state index < -0.39 is 10.0 Å². The summed E-state index contributed by atoms with van der Waals surface area (Å²) < 4.78 is 24.5. The van der Waals surface area contributed by atoms with E-state index in [1.165, 1.54) is 10.6 Å². The molecule has 0 radical (unpaired) electrons. The van der Waals surface area contributed by atoms with Crippen molar-refractivity contribution in [2.45, 2.75) is 13.3 Å². The molecule has 25 heavy (non-hydrogen) atoms. The number of hydrogen-bond donors (Lipinski definition) is 1. The average Bonchev–Trinajstić information content (AvgIpc) is 3.31. The Kier molecular flexibility index (Phi) is 4.83. The summed E-state index contributed by atoms with van der Waals surface area (Å²) in [6.07, 6.45) is 2.09. The van der Waals surface area contributed by atoms with Gasteiger partial charge >= 0.3 is 0 Å². The fourth-order valence-electron chi connectivity index (χ4n) is 3.06. The molecule has 8 heteroatoms. The lowest BCUT2D eigenvalue weighted by Gasteiger charge is -2.33. The largest absolute Gasteiger partial charge is 0.336 e. The molecular formula is C17H23N3O4S. The third kappa shape index (κ3) is 4.19. The van der Waals surface area contributed by atoms with Crippen LogP contribution in [0.25, 0.3) is 0 Å². The lowest BCUT2D eigenvalue weighted by Crippen LogP contribution is -2.50. The molecule has 2 fully saturated rings. The van der Waals surface area contributed by atoms with E-state index in [9.17, 15) is 18.0 Å². The highest BCUT2D eigenvalue weighted by Gasteiger charge is 2.39. The van der Waals surface area contributed by atoms with Crippen molar-refractivity contribution >= 4 is 27.5 Å². The third-order valence-electron chi connectivity index (χ3n) is 4.82. The first-order valence-corrected chi connectivity index (χ1v) is 10.3. The summed E-state index contributed by atoms with van der Waals surface area (Å²) in [4.78, 5) is 26.3. The van der Waals surface area contributed by atoms with Crippen LogP contribution >= 0.6 is 0 Å². The molecular weight excluding hydrogens is 342 g/mol. The number of nitrogens with one attached hydrogen (secondary N) is 1. The molecule has 1 aromatic rings. The van der Waals surface area contributed by atoms with Gasteiger partial charge in [0.25, 0.3) is 5.91 Å². The number of anilines is 1. The minimum Gasteiger partial charge on any atom is -0.336 e. The van der Waals surface area contributed by atoms with Crippen LogP contribution in [0, 0.1) is 11.8 Å². The summed E-state index contributed by atoms with van der Waals surface area (Å²) in [5.74, 6) is 0.349. The van der Waals surface area contributed by atoms with Crippen LogP contribution in [0.3, 0.4) is 0 Å². The van der Waals surface area contributed by atoms with E-state index in [-0.39, 0.29) is 17.7 Å². The average molecular weight is 365 g/mol. The van der Waals surface area contributed by atoms with Crippen LogP contribution in [0.4, 0.5) is 5.69 Å². The van der Waals surface area contributed by atoms with Crippen LogP contribution in [-0.2, 0) is 14.8 Å². The summed E-state index contributed by atoms with van der Waals surface area (Å²) >= 11 is 0. The Labute approximate surface area is 148 Å². The van der Waals surface area contributed by atoms with Crippen molar-refractivity contribution in [1.29, 1.82) is 0 Å². The van der Waals surface area contributed by atoms with Crippen molar-refractivity contribution < 1.29 is 18.0 Å².